The minimum absolute atomic E-state index is 0.0808. The van der Waals surface area contributed by atoms with E-state index in [0.717, 1.165) is 19.3 Å². The molecule has 0 bridgehead atoms. The molecule has 2 nitrogen and oxygen atoms in total. The van der Waals surface area contributed by atoms with Crippen molar-refractivity contribution >= 4 is 5.78 Å². The minimum atomic E-state index is -0.388. The Labute approximate surface area is 92.4 Å². The molecule has 0 aromatic rings. The van der Waals surface area contributed by atoms with E-state index in [1.807, 2.05) is 20.8 Å². The summed E-state index contributed by atoms with van der Waals surface area (Å²) in [4.78, 5) is 11.3. The average Bonchev–Trinajstić information content (AvgIpc) is 2.11. The summed E-state index contributed by atoms with van der Waals surface area (Å²) in [6.45, 7) is 7.61. The topological polar surface area (TPSA) is 37.3 Å². The van der Waals surface area contributed by atoms with Gasteiger partial charge in [-0.1, -0.05) is 40.0 Å². The van der Waals surface area contributed by atoms with Crippen LogP contribution in [-0.4, -0.2) is 10.9 Å². The van der Waals surface area contributed by atoms with Crippen LogP contribution in [0, 0.1) is 17.3 Å². The molecule has 0 unspecified atom stereocenters. The van der Waals surface area contributed by atoms with Gasteiger partial charge in [-0.25, -0.2) is 0 Å². The molecule has 0 saturated carbocycles. The highest BCUT2D eigenvalue weighted by atomic mass is 16.3. The summed E-state index contributed by atoms with van der Waals surface area (Å²) in [7, 11) is 0. The Bertz CT molecular complexity index is 295. The van der Waals surface area contributed by atoms with Crippen molar-refractivity contribution in [2.24, 2.45) is 5.41 Å². The van der Waals surface area contributed by atoms with Crippen molar-refractivity contribution in [2.75, 3.05) is 0 Å². The Hall–Kier alpha value is -1.23. The van der Waals surface area contributed by atoms with Gasteiger partial charge in [-0.15, -0.1) is 0 Å². The number of carbonyl (C=O) groups is 1. The molecule has 0 saturated heterocycles. The molecule has 0 fully saturated rings. The first kappa shape index (κ1) is 13.8. The second kappa shape index (κ2) is 6.29. The standard InChI is InChI=1S/C13H20O2/c1-5-6-7-8-9-11(14)10-12(15)13(2,3)4/h10,15H,5-7H2,1-4H3/b12-10-. The lowest BCUT2D eigenvalue weighted by molar-refractivity contribution is -0.109. The van der Waals surface area contributed by atoms with Crippen LogP contribution in [0.3, 0.4) is 0 Å². The third kappa shape index (κ3) is 6.79. The van der Waals surface area contributed by atoms with Crippen molar-refractivity contribution < 1.29 is 9.90 Å². The molecule has 0 rings (SSSR count). The van der Waals surface area contributed by atoms with Crippen LogP contribution in [0.25, 0.3) is 0 Å². The molecule has 0 amide bonds. The number of hydrogen-bond donors (Lipinski definition) is 1. The summed E-state index contributed by atoms with van der Waals surface area (Å²) >= 11 is 0. The first-order valence-electron chi connectivity index (χ1n) is 5.32. The summed E-state index contributed by atoms with van der Waals surface area (Å²) in [5.41, 5.74) is -0.388. The van der Waals surface area contributed by atoms with Crippen molar-refractivity contribution in [3.05, 3.63) is 11.8 Å². The molecule has 2 heteroatoms. The number of carbonyl (C=O) groups excluding carboxylic acids is 1. The fourth-order valence-corrected chi connectivity index (χ4v) is 0.792. The molecule has 0 aromatic heterocycles. The van der Waals surface area contributed by atoms with Crippen molar-refractivity contribution in [1.29, 1.82) is 0 Å². The maximum atomic E-state index is 11.3. The highest BCUT2D eigenvalue weighted by molar-refractivity contribution is 6.04. The number of ketones is 1. The van der Waals surface area contributed by atoms with E-state index in [2.05, 4.69) is 18.8 Å². The fraction of sp³-hybridized carbons (Fsp3) is 0.615. The summed E-state index contributed by atoms with van der Waals surface area (Å²) in [6, 6.07) is 0. The Balaban J connectivity index is 4.29. The number of allylic oxidation sites excluding steroid dienone is 2. The summed E-state index contributed by atoms with van der Waals surface area (Å²) in [5, 5.41) is 9.53. The molecule has 0 radical (unpaired) electrons. The van der Waals surface area contributed by atoms with E-state index < -0.39 is 0 Å². The second-order valence-corrected chi connectivity index (χ2v) is 4.55. The maximum absolute atomic E-state index is 11.3. The van der Waals surface area contributed by atoms with Gasteiger partial charge >= 0.3 is 0 Å². The van der Waals surface area contributed by atoms with E-state index >= 15 is 0 Å². The Kier molecular flexibility index (Phi) is 5.77. The van der Waals surface area contributed by atoms with Gasteiger partial charge in [-0.2, -0.15) is 0 Å². The van der Waals surface area contributed by atoms with Crippen LogP contribution in [0.5, 0.6) is 0 Å². The molecule has 15 heavy (non-hydrogen) atoms. The molecular formula is C13H20O2. The van der Waals surface area contributed by atoms with Crippen LogP contribution in [0.1, 0.15) is 47.0 Å². The van der Waals surface area contributed by atoms with E-state index in [4.69, 9.17) is 0 Å². The zero-order valence-electron chi connectivity index (χ0n) is 10.1. The highest BCUT2D eigenvalue weighted by Gasteiger charge is 2.16. The van der Waals surface area contributed by atoms with Crippen LogP contribution in [0.4, 0.5) is 0 Å². The third-order valence-corrected chi connectivity index (χ3v) is 1.90. The van der Waals surface area contributed by atoms with Gasteiger partial charge < -0.3 is 5.11 Å². The summed E-state index contributed by atoms with van der Waals surface area (Å²) < 4.78 is 0. The van der Waals surface area contributed by atoms with Gasteiger partial charge in [0.2, 0.25) is 5.78 Å². The number of aliphatic hydroxyl groups excluding tert-OH is 1. The molecule has 0 aliphatic heterocycles. The number of aliphatic hydroxyl groups is 1. The van der Waals surface area contributed by atoms with Crippen LogP contribution in [0.15, 0.2) is 11.8 Å². The minimum Gasteiger partial charge on any atom is -0.512 e. The lowest BCUT2D eigenvalue weighted by Crippen LogP contribution is -2.10. The van der Waals surface area contributed by atoms with Gasteiger partial charge in [0.25, 0.3) is 0 Å². The quantitative estimate of drug-likeness (QED) is 0.254. The monoisotopic (exact) mass is 208 g/mol. The predicted molar refractivity (Wildman–Crippen MR) is 62.5 cm³/mol. The molecule has 0 atom stereocenters. The maximum Gasteiger partial charge on any atom is 0.232 e. The summed E-state index contributed by atoms with van der Waals surface area (Å²) in [5.74, 6) is 5.04. The van der Waals surface area contributed by atoms with E-state index in [1.54, 1.807) is 0 Å². The van der Waals surface area contributed by atoms with Gasteiger partial charge in [0.1, 0.15) is 5.76 Å². The van der Waals surface area contributed by atoms with Crippen LogP contribution >= 0.6 is 0 Å². The molecule has 0 aromatic carbocycles. The normalized spacial score (nSPS) is 11.9. The average molecular weight is 208 g/mol. The Morgan fingerprint density at radius 2 is 2.00 bits per heavy atom. The Morgan fingerprint density at radius 1 is 1.40 bits per heavy atom. The largest absolute Gasteiger partial charge is 0.512 e. The first-order chi connectivity index (χ1) is 6.88. The van der Waals surface area contributed by atoms with Crippen LogP contribution in [-0.2, 0) is 4.79 Å². The number of rotatable bonds is 3. The number of hydrogen-bond acceptors (Lipinski definition) is 2. The van der Waals surface area contributed by atoms with Gasteiger partial charge in [0.05, 0.1) is 0 Å². The van der Waals surface area contributed by atoms with E-state index in [9.17, 15) is 9.90 Å². The second-order valence-electron chi connectivity index (χ2n) is 4.55. The highest BCUT2D eigenvalue weighted by Crippen LogP contribution is 2.21. The molecule has 1 N–H and O–H groups in total. The van der Waals surface area contributed by atoms with Crippen molar-refractivity contribution in [2.45, 2.75) is 47.0 Å². The third-order valence-electron chi connectivity index (χ3n) is 1.90. The molecule has 0 aliphatic carbocycles. The lowest BCUT2D eigenvalue weighted by Gasteiger charge is -2.16. The molecule has 0 heterocycles. The van der Waals surface area contributed by atoms with E-state index in [1.165, 1.54) is 6.08 Å². The van der Waals surface area contributed by atoms with Gasteiger partial charge in [-0.05, 0) is 12.3 Å². The van der Waals surface area contributed by atoms with E-state index in [0.29, 0.717) is 0 Å². The smallest absolute Gasteiger partial charge is 0.232 e. The molecule has 0 aliphatic rings. The Morgan fingerprint density at radius 3 is 2.47 bits per heavy atom. The first-order valence-corrected chi connectivity index (χ1v) is 5.32. The van der Waals surface area contributed by atoms with Crippen molar-refractivity contribution in [3.8, 4) is 11.8 Å². The molecule has 84 valence electrons. The molecular weight excluding hydrogens is 188 g/mol. The van der Waals surface area contributed by atoms with Gasteiger partial charge in [0, 0.05) is 17.9 Å². The van der Waals surface area contributed by atoms with Gasteiger partial charge in [-0.3, -0.25) is 4.79 Å². The predicted octanol–water partition coefficient (Wildman–Crippen LogP) is 3.24. The zero-order valence-corrected chi connectivity index (χ0v) is 10.1. The van der Waals surface area contributed by atoms with Crippen LogP contribution < -0.4 is 0 Å². The van der Waals surface area contributed by atoms with Gasteiger partial charge in [0.15, 0.2) is 0 Å². The zero-order chi connectivity index (χ0) is 11.9. The molecule has 0 spiro atoms. The summed E-state index contributed by atoms with van der Waals surface area (Å²) in [6.07, 6.45) is 4.03. The number of unbranched alkanes of at least 4 members (excludes halogenated alkanes) is 2. The fourth-order valence-electron chi connectivity index (χ4n) is 0.792. The van der Waals surface area contributed by atoms with Crippen molar-refractivity contribution in [3.63, 3.8) is 0 Å². The van der Waals surface area contributed by atoms with Crippen molar-refractivity contribution in [1.82, 2.24) is 0 Å². The SMILES string of the molecule is CCCCC#CC(=O)/C=C(\O)C(C)(C)C. The lowest BCUT2D eigenvalue weighted by atomic mass is 9.93. The van der Waals surface area contributed by atoms with E-state index in [-0.39, 0.29) is 17.0 Å². The van der Waals surface area contributed by atoms with Crippen LogP contribution in [0.2, 0.25) is 0 Å².